The average Bonchev–Trinajstić information content (AvgIpc) is 2.53. The lowest BCUT2D eigenvalue weighted by molar-refractivity contribution is -0.155. The van der Waals surface area contributed by atoms with Crippen molar-refractivity contribution >= 4 is 11.8 Å². The summed E-state index contributed by atoms with van der Waals surface area (Å²) in [7, 11) is 0. The van der Waals surface area contributed by atoms with Crippen LogP contribution >= 0.6 is 0 Å². The molecule has 4 nitrogen and oxygen atoms in total. The Kier molecular flexibility index (Phi) is 3.40. The third kappa shape index (κ3) is 2.31. The number of piperazine rings is 1. The summed E-state index contributed by atoms with van der Waals surface area (Å²) < 4.78 is 0. The highest BCUT2D eigenvalue weighted by molar-refractivity contribution is 5.97. The number of carbonyl (C=O) groups is 2. The molecule has 0 aromatic heterocycles. The standard InChI is InChI=1S/C13H22N2O2/c1-13(2)12(17)14-9-11(16)15(13)10-7-5-3-4-6-8-10/h10H,3-9H2,1-2H3,(H,14,17). The molecule has 1 saturated heterocycles. The van der Waals surface area contributed by atoms with Crippen LogP contribution in [0.3, 0.4) is 0 Å². The maximum atomic E-state index is 12.1. The number of carbonyl (C=O) groups excluding carboxylic acids is 2. The molecule has 1 aliphatic carbocycles. The Morgan fingerprint density at radius 3 is 2.29 bits per heavy atom. The van der Waals surface area contributed by atoms with Gasteiger partial charge in [0, 0.05) is 6.04 Å². The predicted octanol–water partition coefficient (Wildman–Crippen LogP) is 1.45. The van der Waals surface area contributed by atoms with E-state index in [0.29, 0.717) is 0 Å². The average molecular weight is 238 g/mol. The molecule has 17 heavy (non-hydrogen) atoms. The summed E-state index contributed by atoms with van der Waals surface area (Å²) >= 11 is 0. The monoisotopic (exact) mass is 238 g/mol. The molecule has 0 aromatic carbocycles. The van der Waals surface area contributed by atoms with Crippen molar-refractivity contribution in [2.24, 2.45) is 0 Å². The molecule has 0 aromatic rings. The van der Waals surface area contributed by atoms with Crippen LogP contribution in [0, 0.1) is 0 Å². The first-order valence-corrected chi connectivity index (χ1v) is 6.64. The third-order valence-corrected chi connectivity index (χ3v) is 4.02. The van der Waals surface area contributed by atoms with Gasteiger partial charge in [0.2, 0.25) is 11.8 Å². The van der Waals surface area contributed by atoms with Gasteiger partial charge in [-0.15, -0.1) is 0 Å². The van der Waals surface area contributed by atoms with Crippen LogP contribution in [0.4, 0.5) is 0 Å². The Bertz CT molecular complexity index is 317. The smallest absolute Gasteiger partial charge is 0.245 e. The molecule has 0 spiro atoms. The molecule has 0 bridgehead atoms. The molecule has 0 radical (unpaired) electrons. The predicted molar refractivity (Wildman–Crippen MR) is 65.4 cm³/mol. The molecule has 1 saturated carbocycles. The van der Waals surface area contributed by atoms with E-state index in [-0.39, 0.29) is 24.4 Å². The van der Waals surface area contributed by atoms with Crippen LogP contribution in [0.1, 0.15) is 52.4 Å². The number of hydrogen-bond donors (Lipinski definition) is 1. The van der Waals surface area contributed by atoms with Gasteiger partial charge in [0.25, 0.3) is 0 Å². The summed E-state index contributed by atoms with van der Waals surface area (Å²) in [4.78, 5) is 25.8. The fourth-order valence-corrected chi connectivity index (χ4v) is 3.05. The van der Waals surface area contributed by atoms with Crippen molar-refractivity contribution in [2.75, 3.05) is 6.54 Å². The largest absolute Gasteiger partial charge is 0.345 e. The second-order valence-electron chi connectivity index (χ2n) is 5.65. The van der Waals surface area contributed by atoms with Crippen molar-refractivity contribution < 1.29 is 9.59 Å². The minimum absolute atomic E-state index is 0.0265. The second-order valence-corrected chi connectivity index (χ2v) is 5.65. The van der Waals surface area contributed by atoms with Crippen molar-refractivity contribution in [1.82, 2.24) is 10.2 Å². The van der Waals surface area contributed by atoms with Crippen molar-refractivity contribution in [3.63, 3.8) is 0 Å². The van der Waals surface area contributed by atoms with Gasteiger partial charge >= 0.3 is 0 Å². The number of nitrogens with one attached hydrogen (secondary N) is 1. The molecule has 0 atom stereocenters. The normalized spacial score (nSPS) is 26.6. The fraction of sp³-hybridized carbons (Fsp3) is 0.846. The quantitative estimate of drug-likeness (QED) is 0.703. The van der Waals surface area contributed by atoms with Crippen molar-refractivity contribution in [3.05, 3.63) is 0 Å². The molecule has 0 unspecified atom stereocenters. The molecular formula is C13H22N2O2. The lowest BCUT2D eigenvalue weighted by atomic mass is 9.93. The lowest BCUT2D eigenvalue weighted by Gasteiger charge is -2.45. The first-order chi connectivity index (χ1) is 8.03. The highest BCUT2D eigenvalue weighted by Crippen LogP contribution is 2.29. The highest BCUT2D eigenvalue weighted by Gasteiger charge is 2.44. The van der Waals surface area contributed by atoms with E-state index in [1.807, 2.05) is 18.7 Å². The maximum absolute atomic E-state index is 12.1. The first kappa shape index (κ1) is 12.4. The highest BCUT2D eigenvalue weighted by atomic mass is 16.2. The zero-order valence-corrected chi connectivity index (χ0v) is 10.8. The van der Waals surface area contributed by atoms with Crippen LogP contribution < -0.4 is 5.32 Å². The van der Waals surface area contributed by atoms with Gasteiger partial charge in [0.1, 0.15) is 5.54 Å². The van der Waals surface area contributed by atoms with Crippen LogP contribution in [-0.2, 0) is 9.59 Å². The SMILES string of the molecule is CC1(C)C(=O)NCC(=O)N1C1CCCCCC1. The molecule has 1 aliphatic heterocycles. The van der Waals surface area contributed by atoms with Gasteiger partial charge in [-0.05, 0) is 26.7 Å². The minimum Gasteiger partial charge on any atom is -0.345 e. The Morgan fingerprint density at radius 2 is 1.71 bits per heavy atom. The molecule has 2 rings (SSSR count). The van der Waals surface area contributed by atoms with Gasteiger partial charge in [-0.2, -0.15) is 0 Å². The van der Waals surface area contributed by atoms with Gasteiger partial charge < -0.3 is 10.2 Å². The summed E-state index contributed by atoms with van der Waals surface area (Å²) in [6.07, 6.45) is 6.94. The maximum Gasteiger partial charge on any atom is 0.245 e. The van der Waals surface area contributed by atoms with Gasteiger partial charge in [0.15, 0.2) is 0 Å². The molecule has 1 N–H and O–H groups in total. The number of amides is 2. The lowest BCUT2D eigenvalue weighted by Crippen LogP contribution is -2.66. The number of nitrogens with zero attached hydrogens (tertiary/aromatic N) is 1. The molecular weight excluding hydrogens is 216 g/mol. The molecule has 4 heteroatoms. The Hall–Kier alpha value is -1.06. The summed E-state index contributed by atoms with van der Waals surface area (Å²) in [6, 6.07) is 0.256. The Balaban J connectivity index is 2.19. The molecule has 2 fully saturated rings. The summed E-state index contributed by atoms with van der Waals surface area (Å²) in [5.41, 5.74) is -0.690. The van der Waals surface area contributed by atoms with Gasteiger partial charge in [-0.25, -0.2) is 0 Å². The Labute approximate surface area is 103 Å². The van der Waals surface area contributed by atoms with Gasteiger partial charge in [-0.1, -0.05) is 25.7 Å². The minimum atomic E-state index is -0.690. The first-order valence-electron chi connectivity index (χ1n) is 6.64. The Morgan fingerprint density at radius 1 is 1.12 bits per heavy atom. The molecule has 2 amide bonds. The van der Waals surface area contributed by atoms with E-state index in [9.17, 15) is 9.59 Å². The van der Waals surface area contributed by atoms with E-state index in [2.05, 4.69) is 5.32 Å². The zero-order chi connectivity index (χ0) is 12.5. The van der Waals surface area contributed by atoms with Crippen molar-refractivity contribution in [2.45, 2.75) is 64.0 Å². The van der Waals surface area contributed by atoms with Gasteiger partial charge in [-0.3, -0.25) is 9.59 Å². The topological polar surface area (TPSA) is 49.4 Å². The van der Waals surface area contributed by atoms with Crippen LogP contribution in [-0.4, -0.2) is 34.8 Å². The van der Waals surface area contributed by atoms with E-state index in [1.54, 1.807) is 0 Å². The molecule has 2 aliphatic rings. The molecule has 1 heterocycles. The van der Waals surface area contributed by atoms with Crippen molar-refractivity contribution in [3.8, 4) is 0 Å². The van der Waals surface area contributed by atoms with E-state index >= 15 is 0 Å². The summed E-state index contributed by atoms with van der Waals surface area (Å²) in [5.74, 6) is 0.0443. The molecule has 96 valence electrons. The summed E-state index contributed by atoms with van der Waals surface area (Å²) in [5, 5.41) is 2.68. The van der Waals surface area contributed by atoms with Crippen LogP contribution in [0.5, 0.6) is 0 Å². The van der Waals surface area contributed by atoms with Crippen LogP contribution in [0.2, 0.25) is 0 Å². The van der Waals surface area contributed by atoms with E-state index in [0.717, 1.165) is 12.8 Å². The van der Waals surface area contributed by atoms with E-state index in [4.69, 9.17) is 0 Å². The number of rotatable bonds is 1. The summed E-state index contributed by atoms with van der Waals surface area (Å²) in [6.45, 7) is 3.87. The van der Waals surface area contributed by atoms with E-state index in [1.165, 1.54) is 25.7 Å². The number of hydrogen-bond acceptors (Lipinski definition) is 2. The van der Waals surface area contributed by atoms with Crippen LogP contribution in [0.25, 0.3) is 0 Å². The fourth-order valence-electron chi connectivity index (χ4n) is 3.05. The zero-order valence-electron chi connectivity index (χ0n) is 10.8. The second kappa shape index (κ2) is 4.67. The van der Waals surface area contributed by atoms with Gasteiger partial charge in [0.05, 0.1) is 6.54 Å². The van der Waals surface area contributed by atoms with Crippen molar-refractivity contribution in [1.29, 1.82) is 0 Å². The third-order valence-electron chi connectivity index (χ3n) is 4.02. The van der Waals surface area contributed by atoms with Crippen LogP contribution in [0.15, 0.2) is 0 Å². The van der Waals surface area contributed by atoms with E-state index < -0.39 is 5.54 Å².